The van der Waals surface area contributed by atoms with Crippen LogP contribution in [-0.2, 0) is 22.4 Å². The minimum absolute atomic E-state index is 0.158. The first kappa shape index (κ1) is 19.0. The molecule has 0 amide bonds. The fraction of sp³-hybridized carbons (Fsp3) is 0.125. The molecular weight excluding hydrogens is 344 g/mol. The summed E-state index contributed by atoms with van der Waals surface area (Å²) in [7, 11) is 0. The highest BCUT2D eigenvalue weighted by Crippen LogP contribution is 2.04. The Morgan fingerprint density at radius 1 is 0.750 bits per heavy atom. The molecule has 116 valence electrons. The molecule has 6 nitrogen and oxygen atoms in total. The summed E-state index contributed by atoms with van der Waals surface area (Å²) in [5.41, 5.74) is 0.0202. The van der Waals surface area contributed by atoms with Crippen molar-refractivity contribution in [3.63, 3.8) is 0 Å². The summed E-state index contributed by atoms with van der Waals surface area (Å²) in [6.45, 7) is 0. The molecule has 8 heteroatoms. The molecule has 0 radical (unpaired) electrons. The first-order valence-corrected chi connectivity index (χ1v) is 7.21. The van der Waals surface area contributed by atoms with Gasteiger partial charge in [-0.3, -0.25) is 9.59 Å². The van der Waals surface area contributed by atoms with Crippen LogP contribution in [0.3, 0.4) is 0 Å². The van der Waals surface area contributed by atoms with E-state index < -0.39 is 10.2 Å². The zero-order chi connectivity index (χ0) is 18.3. The van der Waals surface area contributed by atoms with E-state index in [1.54, 1.807) is 24.3 Å². The molecule has 1 rings (SSSR count). The maximum absolute atomic E-state index is 11.3. The summed E-state index contributed by atoms with van der Waals surface area (Å²) < 4.78 is 0. The molecule has 0 aromatic heterocycles. The number of nitriles is 4. The van der Waals surface area contributed by atoms with E-state index in [9.17, 15) is 9.59 Å². The van der Waals surface area contributed by atoms with Gasteiger partial charge in [-0.1, -0.05) is 0 Å². The van der Waals surface area contributed by atoms with Gasteiger partial charge in [0.2, 0.25) is 0 Å². The Morgan fingerprint density at radius 3 is 1.25 bits per heavy atom. The van der Waals surface area contributed by atoms with Gasteiger partial charge in [0.25, 0.3) is 0 Å². The summed E-state index contributed by atoms with van der Waals surface area (Å²) in [5, 5.41) is 35.6. The predicted molar refractivity (Wildman–Crippen MR) is 90.4 cm³/mol. The van der Waals surface area contributed by atoms with Crippen molar-refractivity contribution in [2.75, 3.05) is 0 Å². The molecule has 0 spiro atoms. The van der Waals surface area contributed by atoms with Gasteiger partial charge in [0.05, 0.1) is 0 Å². The average Bonchev–Trinajstić information content (AvgIpc) is 2.51. The van der Waals surface area contributed by atoms with Crippen molar-refractivity contribution in [1.29, 1.82) is 21.0 Å². The number of carbonyl (C=O) groups is 2. The van der Waals surface area contributed by atoms with Crippen LogP contribution in [0.25, 0.3) is 11.1 Å². The van der Waals surface area contributed by atoms with Crippen LogP contribution in [0.15, 0.2) is 12.1 Å². The Morgan fingerprint density at radius 2 is 1.04 bits per heavy atom. The van der Waals surface area contributed by atoms with Gasteiger partial charge in [-0.2, -0.15) is 21.0 Å². The minimum Gasteiger partial charge on any atom is -0.287 e. The number of carbonyl (C=O) groups excluding carboxylic acids is 2. The maximum Gasteiger partial charge on any atom is 0.190 e. The second-order valence-corrected chi connectivity index (χ2v) is 5.50. The van der Waals surface area contributed by atoms with Gasteiger partial charge in [-0.05, 0) is 23.3 Å². The molecule has 0 bridgehead atoms. The first-order chi connectivity index (χ1) is 11.4. The lowest BCUT2D eigenvalue weighted by atomic mass is 9.97. The Hall–Kier alpha value is -3.04. The SMILES string of the molecule is N#CC(C#N)=c1cc(CC(=O)S)c(=C(C#N)C#N)cc1CC(=O)S. The highest BCUT2D eigenvalue weighted by atomic mass is 32.1. The molecule has 0 fully saturated rings. The molecule has 0 aliphatic heterocycles. The fourth-order valence-corrected chi connectivity index (χ4v) is 2.40. The summed E-state index contributed by atoms with van der Waals surface area (Å²) in [4.78, 5) is 22.7. The van der Waals surface area contributed by atoms with Crippen molar-refractivity contribution in [3.8, 4) is 24.3 Å². The first-order valence-electron chi connectivity index (χ1n) is 6.32. The molecule has 0 unspecified atom stereocenters. The molecule has 0 saturated heterocycles. The molecule has 0 atom stereocenters. The highest BCUT2D eigenvalue weighted by molar-refractivity contribution is 7.96. The standard InChI is InChI=1S/C16H8N4O2S2/c17-5-11(6-18)13-1-9(3-15(21)23)14(12(7-19)8-20)2-10(13)4-16(22)24/h1-2H,3-4H2,(H,21,23)(H,22,24). The second kappa shape index (κ2) is 8.56. The topological polar surface area (TPSA) is 129 Å². The van der Waals surface area contributed by atoms with Gasteiger partial charge in [0.1, 0.15) is 35.4 Å². The van der Waals surface area contributed by atoms with Crippen molar-refractivity contribution < 1.29 is 9.59 Å². The van der Waals surface area contributed by atoms with Crippen molar-refractivity contribution in [3.05, 3.63) is 33.7 Å². The lowest BCUT2D eigenvalue weighted by Crippen LogP contribution is -2.25. The largest absolute Gasteiger partial charge is 0.287 e. The van der Waals surface area contributed by atoms with Crippen LogP contribution in [0.1, 0.15) is 11.1 Å². The summed E-state index contributed by atoms with van der Waals surface area (Å²) in [6, 6.07) is 9.58. The number of hydrogen-bond acceptors (Lipinski definition) is 6. The van der Waals surface area contributed by atoms with Gasteiger partial charge >= 0.3 is 0 Å². The third-order valence-electron chi connectivity index (χ3n) is 3.00. The van der Waals surface area contributed by atoms with E-state index in [4.69, 9.17) is 21.0 Å². The Kier molecular flexibility index (Phi) is 6.78. The number of thiol groups is 2. The Balaban J connectivity index is 4.12. The van der Waals surface area contributed by atoms with Crippen LogP contribution in [0.2, 0.25) is 0 Å². The van der Waals surface area contributed by atoms with Crippen molar-refractivity contribution in [1.82, 2.24) is 0 Å². The van der Waals surface area contributed by atoms with Crippen LogP contribution in [0.4, 0.5) is 0 Å². The zero-order valence-corrected chi connectivity index (χ0v) is 13.9. The van der Waals surface area contributed by atoms with Gasteiger partial charge < -0.3 is 0 Å². The predicted octanol–water partition coefficient (Wildman–Crippen LogP) is 0.0801. The molecule has 0 N–H and O–H groups in total. The van der Waals surface area contributed by atoms with Crippen LogP contribution in [-0.4, -0.2) is 10.2 Å². The summed E-state index contributed by atoms with van der Waals surface area (Å²) in [6.07, 6.45) is -0.422. The Bertz CT molecular complexity index is 899. The normalized spacial score (nSPS) is 8.92. The molecule has 24 heavy (non-hydrogen) atoms. The third-order valence-corrected chi connectivity index (χ3v) is 3.31. The molecule has 1 aromatic carbocycles. The monoisotopic (exact) mass is 352 g/mol. The van der Waals surface area contributed by atoms with Crippen LogP contribution >= 0.6 is 25.3 Å². The van der Waals surface area contributed by atoms with E-state index >= 15 is 0 Å². The van der Waals surface area contributed by atoms with E-state index in [-0.39, 0.29) is 45.6 Å². The molecule has 0 saturated carbocycles. The van der Waals surface area contributed by atoms with Gasteiger partial charge in [-0.15, -0.1) is 25.3 Å². The zero-order valence-electron chi connectivity index (χ0n) is 12.1. The van der Waals surface area contributed by atoms with Crippen molar-refractivity contribution >= 4 is 46.6 Å². The summed E-state index contributed by atoms with van der Waals surface area (Å²) >= 11 is 7.36. The molecular formula is C16H8N4O2S2. The summed E-state index contributed by atoms with van der Waals surface area (Å²) in [5.74, 6) is 0. The Labute approximate surface area is 148 Å². The molecule has 0 aliphatic carbocycles. The van der Waals surface area contributed by atoms with Crippen LogP contribution < -0.4 is 10.4 Å². The second-order valence-electron chi connectivity index (χ2n) is 4.50. The van der Waals surface area contributed by atoms with Gasteiger partial charge in [-0.25, -0.2) is 0 Å². The number of rotatable bonds is 4. The smallest absolute Gasteiger partial charge is 0.190 e. The van der Waals surface area contributed by atoms with E-state index in [0.717, 1.165) is 0 Å². The van der Waals surface area contributed by atoms with Crippen LogP contribution in [0, 0.1) is 45.3 Å². The number of nitrogens with zero attached hydrogens (tertiary/aromatic N) is 4. The molecule has 0 aliphatic rings. The number of benzene rings is 1. The third kappa shape index (κ3) is 4.48. The van der Waals surface area contributed by atoms with E-state index in [0.29, 0.717) is 0 Å². The van der Waals surface area contributed by atoms with E-state index in [1.807, 2.05) is 0 Å². The van der Waals surface area contributed by atoms with Gasteiger partial charge in [0, 0.05) is 23.3 Å². The average molecular weight is 352 g/mol. The van der Waals surface area contributed by atoms with E-state index in [1.165, 1.54) is 12.1 Å². The highest BCUT2D eigenvalue weighted by Gasteiger charge is 2.12. The van der Waals surface area contributed by atoms with Crippen molar-refractivity contribution in [2.24, 2.45) is 0 Å². The number of hydrogen-bond donors (Lipinski definition) is 2. The van der Waals surface area contributed by atoms with Crippen LogP contribution in [0.5, 0.6) is 0 Å². The molecule has 1 aromatic rings. The van der Waals surface area contributed by atoms with E-state index in [2.05, 4.69) is 25.3 Å². The van der Waals surface area contributed by atoms with Gasteiger partial charge in [0.15, 0.2) is 10.2 Å². The molecule has 0 heterocycles. The fourth-order valence-electron chi connectivity index (χ4n) is 2.06. The lowest BCUT2D eigenvalue weighted by Gasteiger charge is -2.06. The quantitative estimate of drug-likeness (QED) is 0.738. The minimum atomic E-state index is -0.522. The maximum atomic E-state index is 11.3. The van der Waals surface area contributed by atoms with Crippen molar-refractivity contribution in [2.45, 2.75) is 12.8 Å². The lowest BCUT2D eigenvalue weighted by molar-refractivity contribution is -0.111.